The molecule has 1 N–H and O–H groups in total. The lowest BCUT2D eigenvalue weighted by molar-refractivity contribution is -0.130. The Morgan fingerprint density at radius 3 is 2.72 bits per heavy atom. The third-order valence-corrected chi connectivity index (χ3v) is 3.36. The number of likely N-dealkylation sites (tertiary alicyclic amines) is 1. The topological polar surface area (TPSA) is 49.4 Å². The Kier molecular flexibility index (Phi) is 3.97. The fourth-order valence-electron chi connectivity index (χ4n) is 2.29. The molecule has 0 radical (unpaired) electrons. The van der Waals surface area contributed by atoms with Crippen molar-refractivity contribution in [2.24, 2.45) is 5.92 Å². The van der Waals surface area contributed by atoms with Crippen molar-refractivity contribution in [1.29, 1.82) is 0 Å². The van der Waals surface area contributed by atoms with Gasteiger partial charge in [0.15, 0.2) is 0 Å². The summed E-state index contributed by atoms with van der Waals surface area (Å²) in [4.78, 5) is 25.3. The zero-order chi connectivity index (χ0) is 13.0. The molecule has 1 aliphatic rings. The van der Waals surface area contributed by atoms with E-state index in [1.807, 2.05) is 30.3 Å². The number of nitrogens with one attached hydrogen (secondary N) is 1. The molecule has 2 rings (SSSR count). The van der Waals surface area contributed by atoms with Crippen LogP contribution in [0.25, 0.3) is 0 Å². The Morgan fingerprint density at radius 1 is 1.33 bits per heavy atom. The lowest BCUT2D eigenvalue weighted by Crippen LogP contribution is -2.33. The highest BCUT2D eigenvalue weighted by Crippen LogP contribution is 2.17. The molecule has 1 saturated heterocycles. The number of carbonyl (C=O) groups is 2. The fraction of sp³-hybridized carbons (Fsp3) is 0.429. The van der Waals surface area contributed by atoms with Crippen molar-refractivity contribution < 1.29 is 9.59 Å². The van der Waals surface area contributed by atoms with E-state index >= 15 is 0 Å². The molecule has 0 aliphatic carbocycles. The Bertz CT molecular complexity index is 431. The molecule has 0 bridgehead atoms. The van der Waals surface area contributed by atoms with Gasteiger partial charge in [0.1, 0.15) is 0 Å². The third kappa shape index (κ3) is 2.88. The van der Waals surface area contributed by atoms with Crippen LogP contribution in [0.15, 0.2) is 30.3 Å². The maximum atomic E-state index is 12.1. The Hall–Kier alpha value is -1.84. The van der Waals surface area contributed by atoms with Crippen molar-refractivity contribution in [2.45, 2.75) is 12.8 Å². The van der Waals surface area contributed by atoms with Crippen molar-refractivity contribution in [3.05, 3.63) is 35.9 Å². The van der Waals surface area contributed by atoms with Gasteiger partial charge in [0.2, 0.25) is 11.8 Å². The second-order valence-electron chi connectivity index (χ2n) is 4.60. The van der Waals surface area contributed by atoms with E-state index in [9.17, 15) is 9.59 Å². The SMILES string of the molecule is CNC(=O)C1CCN(C(=O)Cc2ccccc2)C1. The number of carbonyl (C=O) groups excluding carboxylic acids is 2. The van der Waals surface area contributed by atoms with Crippen LogP contribution < -0.4 is 5.32 Å². The standard InChI is InChI=1S/C14H18N2O2/c1-15-14(18)12-7-8-16(10-12)13(17)9-11-5-3-2-4-6-11/h2-6,12H,7-10H2,1H3,(H,15,18). The third-order valence-electron chi connectivity index (χ3n) is 3.36. The minimum Gasteiger partial charge on any atom is -0.359 e. The summed E-state index contributed by atoms with van der Waals surface area (Å²) in [5, 5.41) is 2.64. The number of rotatable bonds is 3. The number of amides is 2. The zero-order valence-electron chi connectivity index (χ0n) is 10.6. The summed E-state index contributed by atoms with van der Waals surface area (Å²) < 4.78 is 0. The van der Waals surface area contributed by atoms with Gasteiger partial charge in [0.05, 0.1) is 12.3 Å². The molecular formula is C14H18N2O2. The van der Waals surface area contributed by atoms with Gasteiger partial charge in [-0.15, -0.1) is 0 Å². The summed E-state index contributed by atoms with van der Waals surface area (Å²) in [6, 6.07) is 9.69. The molecule has 96 valence electrons. The van der Waals surface area contributed by atoms with Crippen molar-refractivity contribution in [2.75, 3.05) is 20.1 Å². The number of benzene rings is 1. The van der Waals surface area contributed by atoms with Crippen LogP contribution in [-0.4, -0.2) is 36.9 Å². The molecule has 1 atom stereocenters. The minimum absolute atomic E-state index is 0.0324. The molecule has 1 aromatic rings. The first-order chi connectivity index (χ1) is 8.70. The van der Waals surface area contributed by atoms with Gasteiger partial charge in [-0.3, -0.25) is 9.59 Å². The first kappa shape index (κ1) is 12.6. The van der Waals surface area contributed by atoms with Crippen LogP contribution in [0, 0.1) is 5.92 Å². The van der Waals surface area contributed by atoms with E-state index in [2.05, 4.69) is 5.32 Å². The van der Waals surface area contributed by atoms with Gasteiger partial charge < -0.3 is 10.2 Å². The minimum atomic E-state index is -0.0466. The van der Waals surface area contributed by atoms with Gasteiger partial charge >= 0.3 is 0 Å². The summed E-state index contributed by atoms with van der Waals surface area (Å²) >= 11 is 0. The van der Waals surface area contributed by atoms with Crippen LogP contribution in [-0.2, 0) is 16.0 Å². The molecule has 0 aromatic heterocycles. The first-order valence-electron chi connectivity index (χ1n) is 6.24. The first-order valence-corrected chi connectivity index (χ1v) is 6.24. The molecule has 1 unspecified atom stereocenters. The quantitative estimate of drug-likeness (QED) is 0.858. The Morgan fingerprint density at radius 2 is 2.06 bits per heavy atom. The van der Waals surface area contributed by atoms with Crippen LogP contribution in [0.4, 0.5) is 0 Å². The van der Waals surface area contributed by atoms with Crippen molar-refractivity contribution in [3.63, 3.8) is 0 Å². The largest absolute Gasteiger partial charge is 0.359 e. The summed E-state index contributed by atoms with van der Waals surface area (Å²) in [5.41, 5.74) is 1.02. The average molecular weight is 246 g/mol. The van der Waals surface area contributed by atoms with Gasteiger partial charge in [-0.05, 0) is 12.0 Å². The zero-order valence-corrected chi connectivity index (χ0v) is 10.6. The van der Waals surface area contributed by atoms with Gasteiger partial charge in [0, 0.05) is 20.1 Å². The summed E-state index contributed by atoms with van der Waals surface area (Å²) in [6.07, 6.45) is 1.18. The maximum Gasteiger partial charge on any atom is 0.227 e. The van der Waals surface area contributed by atoms with Gasteiger partial charge in [-0.1, -0.05) is 30.3 Å². The molecular weight excluding hydrogens is 228 g/mol. The van der Waals surface area contributed by atoms with E-state index in [0.717, 1.165) is 12.0 Å². The fourth-order valence-corrected chi connectivity index (χ4v) is 2.29. The van der Waals surface area contributed by atoms with Gasteiger partial charge in [0.25, 0.3) is 0 Å². The molecule has 4 heteroatoms. The van der Waals surface area contributed by atoms with Crippen molar-refractivity contribution in [1.82, 2.24) is 10.2 Å². The van der Waals surface area contributed by atoms with E-state index in [0.29, 0.717) is 19.5 Å². The smallest absolute Gasteiger partial charge is 0.227 e. The Balaban J connectivity index is 1.90. The number of hydrogen-bond acceptors (Lipinski definition) is 2. The Labute approximate surface area is 107 Å². The highest BCUT2D eigenvalue weighted by atomic mass is 16.2. The van der Waals surface area contributed by atoms with E-state index in [1.54, 1.807) is 11.9 Å². The van der Waals surface area contributed by atoms with Gasteiger partial charge in [-0.2, -0.15) is 0 Å². The number of hydrogen-bond donors (Lipinski definition) is 1. The van der Waals surface area contributed by atoms with Crippen LogP contribution in [0.1, 0.15) is 12.0 Å². The predicted molar refractivity (Wildman–Crippen MR) is 68.9 cm³/mol. The van der Waals surface area contributed by atoms with Crippen molar-refractivity contribution in [3.8, 4) is 0 Å². The second-order valence-corrected chi connectivity index (χ2v) is 4.60. The monoisotopic (exact) mass is 246 g/mol. The predicted octanol–water partition coefficient (Wildman–Crippen LogP) is 0.824. The molecule has 0 saturated carbocycles. The summed E-state index contributed by atoms with van der Waals surface area (Å²) in [7, 11) is 1.64. The molecule has 2 amide bonds. The van der Waals surface area contributed by atoms with Crippen LogP contribution >= 0.6 is 0 Å². The summed E-state index contributed by atoms with van der Waals surface area (Å²) in [5.74, 6) is 0.0901. The highest BCUT2D eigenvalue weighted by Gasteiger charge is 2.30. The average Bonchev–Trinajstić information content (AvgIpc) is 2.88. The highest BCUT2D eigenvalue weighted by molar-refractivity contribution is 5.82. The normalized spacial score (nSPS) is 18.7. The van der Waals surface area contributed by atoms with E-state index in [4.69, 9.17) is 0 Å². The molecule has 18 heavy (non-hydrogen) atoms. The molecule has 1 fully saturated rings. The van der Waals surface area contributed by atoms with Crippen LogP contribution in [0.5, 0.6) is 0 Å². The second kappa shape index (κ2) is 5.67. The van der Waals surface area contributed by atoms with Crippen LogP contribution in [0.3, 0.4) is 0 Å². The molecule has 1 aromatic carbocycles. The van der Waals surface area contributed by atoms with E-state index in [1.165, 1.54) is 0 Å². The van der Waals surface area contributed by atoms with E-state index in [-0.39, 0.29) is 17.7 Å². The molecule has 1 aliphatic heterocycles. The molecule has 0 spiro atoms. The van der Waals surface area contributed by atoms with Gasteiger partial charge in [-0.25, -0.2) is 0 Å². The lowest BCUT2D eigenvalue weighted by Gasteiger charge is -2.16. The maximum absolute atomic E-state index is 12.1. The number of nitrogens with zero attached hydrogens (tertiary/aromatic N) is 1. The molecule has 1 heterocycles. The van der Waals surface area contributed by atoms with E-state index < -0.39 is 0 Å². The summed E-state index contributed by atoms with van der Waals surface area (Å²) in [6.45, 7) is 1.23. The van der Waals surface area contributed by atoms with Crippen molar-refractivity contribution >= 4 is 11.8 Å². The van der Waals surface area contributed by atoms with Crippen LogP contribution in [0.2, 0.25) is 0 Å². The lowest BCUT2D eigenvalue weighted by atomic mass is 10.1. The molecule has 4 nitrogen and oxygen atoms in total.